The summed E-state index contributed by atoms with van der Waals surface area (Å²) in [5, 5.41) is 2.99. The monoisotopic (exact) mass is 301 g/mol. The molecule has 0 heterocycles. The highest BCUT2D eigenvalue weighted by atomic mass is 32.2. The third-order valence-corrected chi connectivity index (χ3v) is 4.19. The topological polar surface area (TPSA) is 38.3 Å². The highest BCUT2D eigenvalue weighted by Crippen LogP contribution is 2.23. The van der Waals surface area contributed by atoms with Crippen molar-refractivity contribution in [3.05, 3.63) is 53.6 Å². The Morgan fingerprint density at radius 2 is 1.71 bits per heavy atom. The minimum absolute atomic E-state index is 0.00761. The van der Waals surface area contributed by atoms with E-state index in [0.717, 1.165) is 27.5 Å². The van der Waals surface area contributed by atoms with E-state index in [4.69, 9.17) is 4.74 Å². The van der Waals surface area contributed by atoms with E-state index in [0.29, 0.717) is 5.75 Å². The van der Waals surface area contributed by atoms with Crippen LogP contribution in [0, 0.1) is 13.8 Å². The number of hydrogen-bond donors (Lipinski definition) is 1. The zero-order valence-corrected chi connectivity index (χ0v) is 13.3. The number of benzene rings is 2. The Morgan fingerprint density at radius 3 is 2.29 bits per heavy atom. The molecule has 0 aromatic heterocycles. The Bertz CT molecular complexity index is 603. The van der Waals surface area contributed by atoms with Crippen LogP contribution in [-0.2, 0) is 4.79 Å². The van der Waals surface area contributed by atoms with Gasteiger partial charge >= 0.3 is 0 Å². The van der Waals surface area contributed by atoms with Crippen molar-refractivity contribution < 1.29 is 9.53 Å². The first-order valence-corrected chi connectivity index (χ1v) is 7.71. The molecule has 1 N–H and O–H groups in total. The number of carbonyl (C=O) groups excluding carboxylic acids is 1. The molecule has 0 bridgehead atoms. The molecular formula is C17H19NO2S. The maximum absolute atomic E-state index is 12.1. The molecule has 2 aromatic carbocycles. The Balaban J connectivity index is 1.92. The van der Waals surface area contributed by atoms with Crippen molar-refractivity contribution in [3.63, 3.8) is 0 Å². The van der Waals surface area contributed by atoms with Crippen molar-refractivity contribution in [2.75, 3.05) is 18.2 Å². The number of thioether (sulfide) groups is 1. The Kier molecular flexibility index (Phi) is 5.28. The lowest BCUT2D eigenvalue weighted by Gasteiger charge is -2.11. The third kappa shape index (κ3) is 4.26. The van der Waals surface area contributed by atoms with Gasteiger partial charge in [0.05, 0.1) is 12.9 Å². The van der Waals surface area contributed by atoms with Gasteiger partial charge in [0, 0.05) is 10.6 Å². The van der Waals surface area contributed by atoms with Gasteiger partial charge in [-0.3, -0.25) is 4.79 Å². The summed E-state index contributed by atoms with van der Waals surface area (Å²) in [6.07, 6.45) is 0. The number of ether oxygens (including phenoxy) is 1. The molecule has 0 atom stereocenters. The number of hydrogen-bond acceptors (Lipinski definition) is 3. The summed E-state index contributed by atoms with van der Waals surface area (Å²) in [4.78, 5) is 13.1. The summed E-state index contributed by atoms with van der Waals surface area (Å²) in [6.45, 7) is 4.00. The van der Waals surface area contributed by atoms with E-state index < -0.39 is 0 Å². The van der Waals surface area contributed by atoms with Crippen LogP contribution in [0.2, 0.25) is 0 Å². The van der Waals surface area contributed by atoms with E-state index in [1.807, 2.05) is 56.3 Å². The van der Waals surface area contributed by atoms with Crippen LogP contribution in [-0.4, -0.2) is 18.8 Å². The van der Waals surface area contributed by atoms with Gasteiger partial charge < -0.3 is 10.1 Å². The summed E-state index contributed by atoms with van der Waals surface area (Å²) in [6, 6.07) is 13.7. The molecular weight excluding hydrogens is 282 g/mol. The van der Waals surface area contributed by atoms with Crippen LogP contribution in [0.15, 0.2) is 47.4 Å². The van der Waals surface area contributed by atoms with Gasteiger partial charge in [0.15, 0.2) is 0 Å². The molecule has 0 fully saturated rings. The van der Waals surface area contributed by atoms with Crippen molar-refractivity contribution in [1.82, 2.24) is 0 Å². The van der Waals surface area contributed by atoms with Gasteiger partial charge in [-0.05, 0) is 49.2 Å². The van der Waals surface area contributed by atoms with E-state index in [2.05, 4.69) is 5.32 Å². The van der Waals surface area contributed by atoms with Gasteiger partial charge in [-0.25, -0.2) is 0 Å². The van der Waals surface area contributed by atoms with Crippen molar-refractivity contribution in [3.8, 4) is 5.75 Å². The summed E-state index contributed by atoms with van der Waals surface area (Å²) < 4.78 is 5.11. The molecule has 0 saturated carbocycles. The lowest BCUT2D eigenvalue weighted by molar-refractivity contribution is -0.113. The normalized spacial score (nSPS) is 10.2. The number of anilines is 1. The Morgan fingerprint density at radius 1 is 1.10 bits per heavy atom. The molecule has 1 amide bonds. The van der Waals surface area contributed by atoms with E-state index in [-0.39, 0.29) is 5.91 Å². The van der Waals surface area contributed by atoms with Crippen LogP contribution in [0.5, 0.6) is 5.75 Å². The fourth-order valence-electron chi connectivity index (χ4n) is 2.01. The van der Waals surface area contributed by atoms with Crippen molar-refractivity contribution in [2.45, 2.75) is 18.7 Å². The lowest BCUT2D eigenvalue weighted by Crippen LogP contribution is -2.15. The summed E-state index contributed by atoms with van der Waals surface area (Å²) in [7, 11) is 1.64. The van der Waals surface area contributed by atoms with Gasteiger partial charge in [0.1, 0.15) is 5.75 Å². The molecule has 0 aliphatic rings. The summed E-state index contributed by atoms with van der Waals surface area (Å²) >= 11 is 1.51. The largest absolute Gasteiger partial charge is 0.497 e. The quantitative estimate of drug-likeness (QED) is 0.847. The SMILES string of the molecule is COc1ccc(SCC(=O)Nc2c(C)cccc2C)cc1. The fourth-order valence-corrected chi connectivity index (χ4v) is 2.71. The predicted octanol–water partition coefficient (Wildman–Crippen LogP) is 4.04. The van der Waals surface area contributed by atoms with E-state index >= 15 is 0 Å². The van der Waals surface area contributed by atoms with Gasteiger partial charge in [0.25, 0.3) is 0 Å². The molecule has 4 heteroatoms. The number of aryl methyl sites for hydroxylation is 2. The van der Waals surface area contributed by atoms with E-state index in [9.17, 15) is 4.79 Å². The van der Waals surface area contributed by atoms with Gasteiger partial charge in [-0.1, -0.05) is 18.2 Å². The number of nitrogens with one attached hydrogen (secondary N) is 1. The van der Waals surface area contributed by atoms with E-state index in [1.165, 1.54) is 11.8 Å². The molecule has 2 rings (SSSR count). The second-order valence-electron chi connectivity index (χ2n) is 4.78. The maximum atomic E-state index is 12.1. The zero-order valence-electron chi connectivity index (χ0n) is 12.5. The molecule has 0 radical (unpaired) electrons. The minimum Gasteiger partial charge on any atom is -0.497 e. The molecule has 0 unspecified atom stereocenters. The van der Waals surface area contributed by atoms with E-state index in [1.54, 1.807) is 7.11 Å². The van der Waals surface area contributed by atoms with Crippen LogP contribution in [0.3, 0.4) is 0 Å². The predicted molar refractivity (Wildman–Crippen MR) is 88.3 cm³/mol. The first kappa shape index (κ1) is 15.4. The second-order valence-corrected chi connectivity index (χ2v) is 5.83. The zero-order chi connectivity index (χ0) is 15.2. The van der Waals surface area contributed by atoms with Crippen LogP contribution < -0.4 is 10.1 Å². The molecule has 0 spiro atoms. The molecule has 21 heavy (non-hydrogen) atoms. The number of carbonyl (C=O) groups is 1. The van der Waals surface area contributed by atoms with Crippen LogP contribution in [0.1, 0.15) is 11.1 Å². The molecule has 110 valence electrons. The van der Waals surface area contributed by atoms with Gasteiger partial charge in [-0.2, -0.15) is 0 Å². The van der Waals surface area contributed by atoms with Crippen molar-refractivity contribution >= 4 is 23.4 Å². The highest BCUT2D eigenvalue weighted by molar-refractivity contribution is 8.00. The molecule has 0 saturated heterocycles. The smallest absolute Gasteiger partial charge is 0.234 e. The standard InChI is InChI=1S/C17H19NO2S/c1-12-5-4-6-13(2)17(12)18-16(19)11-21-15-9-7-14(20-3)8-10-15/h4-10H,11H2,1-3H3,(H,18,19). The molecule has 0 aliphatic carbocycles. The van der Waals surface area contributed by atoms with Gasteiger partial charge in [0.2, 0.25) is 5.91 Å². The average molecular weight is 301 g/mol. The van der Waals surface area contributed by atoms with Gasteiger partial charge in [-0.15, -0.1) is 11.8 Å². The third-order valence-electron chi connectivity index (χ3n) is 3.17. The van der Waals surface area contributed by atoms with Crippen molar-refractivity contribution in [1.29, 1.82) is 0 Å². The minimum atomic E-state index is 0.00761. The average Bonchev–Trinajstić information content (AvgIpc) is 2.49. The lowest BCUT2D eigenvalue weighted by atomic mass is 10.1. The molecule has 2 aromatic rings. The first-order chi connectivity index (χ1) is 10.1. The first-order valence-electron chi connectivity index (χ1n) is 6.73. The summed E-state index contributed by atoms with van der Waals surface area (Å²) in [5.74, 6) is 1.22. The molecule has 3 nitrogen and oxygen atoms in total. The second kappa shape index (κ2) is 7.18. The number of para-hydroxylation sites is 1. The van der Waals surface area contributed by atoms with Crippen LogP contribution >= 0.6 is 11.8 Å². The Labute approximate surface area is 129 Å². The maximum Gasteiger partial charge on any atom is 0.234 e. The number of amides is 1. The molecule has 0 aliphatic heterocycles. The number of methoxy groups -OCH3 is 1. The highest BCUT2D eigenvalue weighted by Gasteiger charge is 2.07. The Hall–Kier alpha value is -1.94. The summed E-state index contributed by atoms with van der Waals surface area (Å²) in [5.41, 5.74) is 3.08. The van der Waals surface area contributed by atoms with Crippen LogP contribution in [0.4, 0.5) is 5.69 Å². The fraction of sp³-hybridized carbons (Fsp3) is 0.235. The van der Waals surface area contributed by atoms with Crippen molar-refractivity contribution in [2.24, 2.45) is 0 Å². The van der Waals surface area contributed by atoms with Crippen LogP contribution in [0.25, 0.3) is 0 Å². The number of rotatable bonds is 5.